The second-order valence-corrected chi connectivity index (χ2v) is 9.39. The van der Waals surface area contributed by atoms with Crippen molar-refractivity contribution in [2.45, 2.75) is 50.3 Å². The Morgan fingerprint density at radius 3 is 2.21 bits per heavy atom. The summed E-state index contributed by atoms with van der Waals surface area (Å²) in [4.78, 5) is 25.8. The van der Waals surface area contributed by atoms with Crippen molar-refractivity contribution < 1.29 is 41.4 Å². The number of hydrogen-bond acceptors (Lipinski definition) is 5. The van der Waals surface area contributed by atoms with Gasteiger partial charge in [-0.2, -0.15) is 26.3 Å². The fraction of sp³-hybridized carbons (Fsp3) is 0.375. The normalized spacial score (nSPS) is 14.8. The molecule has 0 fully saturated rings. The van der Waals surface area contributed by atoms with Crippen molar-refractivity contribution in [3.63, 3.8) is 0 Å². The summed E-state index contributed by atoms with van der Waals surface area (Å²) in [6.07, 6.45) is -13.1. The van der Waals surface area contributed by atoms with Crippen LogP contribution >= 0.6 is 11.6 Å². The monoisotopic (exact) mass is 565 g/mol. The SMILES string of the molecule is C[C@@](CO)(CC(=O)Cn1nc(-c2ccc(Cl)cc2)n(C[C@H](O)C(F)(F)F)c1=O)c1cccc(C(F)(F)F)c1. The lowest BCUT2D eigenvalue weighted by molar-refractivity contribution is -0.207. The molecule has 0 aliphatic rings. The summed E-state index contributed by atoms with van der Waals surface area (Å²) in [6, 6.07) is 9.65. The zero-order valence-electron chi connectivity index (χ0n) is 19.7. The van der Waals surface area contributed by atoms with Gasteiger partial charge in [-0.15, -0.1) is 5.10 Å². The largest absolute Gasteiger partial charge is 0.416 e. The van der Waals surface area contributed by atoms with Gasteiger partial charge < -0.3 is 10.2 Å². The van der Waals surface area contributed by atoms with Crippen LogP contribution in [0.3, 0.4) is 0 Å². The first-order valence-corrected chi connectivity index (χ1v) is 11.4. The number of aromatic nitrogens is 3. The maximum absolute atomic E-state index is 13.1. The third-order valence-corrected chi connectivity index (χ3v) is 6.16. The standard InChI is InChI=1S/C24H22ClF6N3O4/c1-22(13-35,15-3-2-4-16(9-15)23(26,27)28)10-18(36)11-34-21(38)33(12-19(37)24(29,30)31)20(32-34)14-5-7-17(25)8-6-14/h2-9,19,35,37H,10-13H2,1H3/t19-,22-/m0/s1. The highest BCUT2D eigenvalue weighted by Crippen LogP contribution is 2.34. The topological polar surface area (TPSA) is 97.3 Å². The van der Waals surface area contributed by atoms with Crippen molar-refractivity contribution in [2.24, 2.45) is 0 Å². The van der Waals surface area contributed by atoms with E-state index in [9.17, 15) is 46.1 Å². The Balaban J connectivity index is 1.94. The van der Waals surface area contributed by atoms with Gasteiger partial charge in [0.05, 0.1) is 18.7 Å². The minimum atomic E-state index is -5.04. The number of aliphatic hydroxyl groups is 2. The Bertz CT molecular complexity index is 1350. The fourth-order valence-corrected chi connectivity index (χ4v) is 3.90. The fourth-order valence-electron chi connectivity index (χ4n) is 3.78. The molecule has 0 aliphatic carbocycles. The summed E-state index contributed by atoms with van der Waals surface area (Å²) in [5.41, 5.74) is -3.37. The lowest BCUT2D eigenvalue weighted by Gasteiger charge is -2.28. The Kier molecular flexibility index (Phi) is 8.44. The summed E-state index contributed by atoms with van der Waals surface area (Å²) in [7, 11) is 0. The predicted octanol–water partition coefficient (Wildman–Crippen LogP) is 4.22. The highest BCUT2D eigenvalue weighted by Gasteiger charge is 2.40. The number of rotatable bonds is 9. The van der Waals surface area contributed by atoms with Crippen LogP contribution in [0.2, 0.25) is 5.02 Å². The number of carbonyl (C=O) groups is 1. The van der Waals surface area contributed by atoms with Crippen molar-refractivity contribution in [3.8, 4) is 11.4 Å². The van der Waals surface area contributed by atoms with Crippen molar-refractivity contribution in [2.75, 3.05) is 6.61 Å². The van der Waals surface area contributed by atoms with Crippen molar-refractivity contribution in [1.29, 1.82) is 0 Å². The molecule has 0 radical (unpaired) electrons. The van der Waals surface area contributed by atoms with Crippen molar-refractivity contribution >= 4 is 17.4 Å². The number of nitrogens with zero attached hydrogens (tertiary/aromatic N) is 3. The molecule has 2 aromatic carbocycles. The number of alkyl halides is 6. The average molecular weight is 566 g/mol. The molecule has 3 rings (SSSR count). The molecule has 14 heteroatoms. The molecule has 0 aliphatic heterocycles. The Hall–Kier alpha value is -3.16. The van der Waals surface area contributed by atoms with E-state index in [1.54, 1.807) is 0 Å². The first-order valence-electron chi connectivity index (χ1n) is 11.0. The average Bonchev–Trinajstić information content (AvgIpc) is 3.13. The number of Topliss-reactive ketones (excluding diaryl/α,β-unsaturated/α-hetero) is 1. The maximum Gasteiger partial charge on any atom is 0.416 e. The van der Waals surface area contributed by atoms with Gasteiger partial charge in [0.2, 0.25) is 0 Å². The quantitative estimate of drug-likeness (QED) is 0.379. The maximum atomic E-state index is 13.1. The van der Waals surface area contributed by atoms with Crippen LogP contribution in [-0.2, 0) is 29.5 Å². The van der Waals surface area contributed by atoms with E-state index in [4.69, 9.17) is 11.6 Å². The van der Waals surface area contributed by atoms with Gasteiger partial charge in [0.15, 0.2) is 17.7 Å². The van der Waals surface area contributed by atoms with Crippen molar-refractivity contribution in [1.82, 2.24) is 14.3 Å². The first-order chi connectivity index (χ1) is 17.5. The van der Waals surface area contributed by atoms with E-state index in [-0.39, 0.29) is 17.0 Å². The van der Waals surface area contributed by atoms with Gasteiger partial charge in [-0.05, 0) is 35.9 Å². The summed E-state index contributed by atoms with van der Waals surface area (Å²) in [5.74, 6) is -1.00. The number of benzene rings is 2. The van der Waals surface area contributed by atoms with E-state index >= 15 is 0 Å². The molecule has 2 atom stereocenters. The highest BCUT2D eigenvalue weighted by atomic mass is 35.5. The molecule has 0 bridgehead atoms. The molecule has 0 saturated carbocycles. The lowest BCUT2D eigenvalue weighted by Crippen LogP contribution is -2.38. The zero-order valence-corrected chi connectivity index (χ0v) is 20.5. The van der Waals surface area contributed by atoms with E-state index in [1.165, 1.54) is 37.3 Å². The Morgan fingerprint density at radius 1 is 1.05 bits per heavy atom. The van der Waals surface area contributed by atoms with E-state index in [0.29, 0.717) is 14.3 Å². The van der Waals surface area contributed by atoms with E-state index < -0.39 is 67.0 Å². The molecular weight excluding hydrogens is 544 g/mol. The molecule has 2 N–H and O–H groups in total. The van der Waals surface area contributed by atoms with Crippen LogP contribution < -0.4 is 5.69 Å². The van der Waals surface area contributed by atoms with Gasteiger partial charge in [-0.25, -0.2) is 9.48 Å². The van der Waals surface area contributed by atoms with Crippen molar-refractivity contribution in [3.05, 3.63) is 75.2 Å². The Morgan fingerprint density at radius 2 is 1.66 bits per heavy atom. The summed E-state index contributed by atoms with van der Waals surface area (Å²) in [6.45, 7) is -1.30. The molecule has 0 unspecified atom stereocenters. The lowest BCUT2D eigenvalue weighted by atomic mass is 9.78. The molecule has 206 valence electrons. The van der Waals surface area contributed by atoms with Gasteiger partial charge in [-0.1, -0.05) is 36.7 Å². The second-order valence-electron chi connectivity index (χ2n) is 8.95. The molecular formula is C24H22ClF6N3O4. The zero-order chi connectivity index (χ0) is 28.5. The van der Waals surface area contributed by atoms with Gasteiger partial charge in [-0.3, -0.25) is 9.36 Å². The minimum Gasteiger partial charge on any atom is -0.395 e. The molecule has 7 nitrogen and oxygen atoms in total. The first kappa shape index (κ1) is 29.4. The number of aliphatic hydroxyl groups excluding tert-OH is 2. The number of halogens is 7. The molecule has 38 heavy (non-hydrogen) atoms. The van der Waals surface area contributed by atoms with Crippen LogP contribution in [0.15, 0.2) is 53.3 Å². The van der Waals surface area contributed by atoms with Crippen LogP contribution in [0, 0.1) is 0 Å². The molecule has 1 heterocycles. The van der Waals surface area contributed by atoms with E-state index in [0.717, 1.165) is 18.2 Å². The third-order valence-electron chi connectivity index (χ3n) is 5.91. The number of carbonyl (C=O) groups excluding carboxylic acids is 1. The van der Waals surface area contributed by atoms with Gasteiger partial charge in [0.25, 0.3) is 0 Å². The van der Waals surface area contributed by atoms with Gasteiger partial charge in [0.1, 0.15) is 6.54 Å². The molecule has 3 aromatic rings. The van der Waals surface area contributed by atoms with E-state index in [1.807, 2.05) is 0 Å². The minimum absolute atomic E-state index is 0.0243. The number of hydrogen-bond donors (Lipinski definition) is 2. The van der Waals surface area contributed by atoms with E-state index in [2.05, 4.69) is 5.10 Å². The van der Waals surface area contributed by atoms with Crippen LogP contribution in [0.25, 0.3) is 11.4 Å². The smallest absolute Gasteiger partial charge is 0.395 e. The summed E-state index contributed by atoms with van der Waals surface area (Å²) >= 11 is 5.84. The van der Waals surface area contributed by atoms with Crippen LogP contribution in [-0.4, -0.2) is 49.2 Å². The highest BCUT2D eigenvalue weighted by molar-refractivity contribution is 6.30. The molecule has 1 aromatic heterocycles. The number of ketones is 1. The summed E-state index contributed by atoms with van der Waals surface area (Å²) < 4.78 is 79.6. The second kappa shape index (κ2) is 10.9. The summed E-state index contributed by atoms with van der Waals surface area (Å²) in [5, 5.41) is 23.7. The molecule has 0 saturated heterocycles. The van der Waals surface area contributed by atoms with Crippen LogP contribution in [0.5, 0.6) is 0 Å². The molecule has 0 amide bonds. The van der Waals surface area contributed by atoms with Crippen LogP contribution in [0.4, 0.5) is 26.3 Å². The van der Waals surface area contributed by atoms with Crippen LogP contribution in [0.1, 0.15) is 24.5 Å². The molecule has 0 spiro atoms. The Labute approximate surface area is 216 Å². The van der Waals surface area contributed by atoms with Gasteiger partial charge in [0, 0.05) is 22.4 Å². The van der Waals surface area contributed by atoms with Gasteiger partial charge >= 0.3 is 18.0 Å². The third kappa shape index (κ3) is 6.63. The predicted molar refractivity (Wildman–Crippen MR) is 125 cm³/mol.